The average Bonchev–Trinajstić information content (AvgIpc) is 2.59. The fourth-order valence-corrected chi connectivity index (χ4v) is 2.94. The predicted octanol–water partition coefficient (Wildman–Crippen LogP) is 3.23. The predicted molar refractivity (Wildman–Crippen MR) is 102 cm³/mol. The Balaban J connectivity index is 1.62. The first-order chi connectivity index (χ1) is 12.1. The molecule has 1 aliphatic heterocycles. The van der Waals surface area contributed by atoms with E-state index >= 15 is 0 Å². The van der Waals surface area contributed by atoms with Gasteiger partial charge in [-0.05, 0) is 31.5 Å². The molecule has 0 saturated carbocycles. The molecule has 1 aromatic carbocycles. The van der Waals surface area contributed by atoms with Crippen LogP contribution in [0.15, 0.2) is 24.3 Å². The van der Waals surface area contributed by atoms with Crippen LogP contribution in [0.1, 0.15) is 11.4 Å². The standard InChI is InChI=1S/C18H24ClN5O/c1-13-15(19)4-3-5-16(13)23-18-12-17(21-14(2)22-18)20-6-7-24-8-10-25-11-9-24/h3-5,12H,6-11H2,1-2H3,(H2,20,21,22,23). The second-order valence-corrected chi connectivity index (χ2v) is 6.51. The summed E-state index contributed by atoms with van der Waals surface area (Å²) in [6.45, 7) is 9.31. The Kier molecular flexibility index (Phi) is 6.07. The lowest BCUT2D eigenvalue weighted by Crippen LogP contribution is -2.39. The van der Waals surface area contributed by atoms with E-state index in [1.54, 1.807) is 0 Å². The number of nitrogens with zero attached hydrogens (tertiary/aromatic N) is 3. The van der Waals surface area contributed by atoms with E-state index in [0.29, 0.717) is 0 Å². The van der Waals surface area contributed by atoms with E-state index in [1.807, 2.05) is 38.1 Å². The van der Waals surface area contributed by atoms with Crippen molar-refractivity contribution in [1.29, 1.82) is 0 Å². The fraction of sp³-hybridized carbons (Fsp3) is 0.444. The number of ether oxygens (including phenoxy) is 1. The zero-order chi connectivity index (χ0) is 17.6. The number of hydrogen-bond acceptors (Lipinski definition) is 6. The Labute approximate surface area is 153 Å². The number of nitrogens with one attached hydrogen (secondary N) is 2. The minimum Gasteiger partial charge on any atom is -0.379 e. The van der Waals surface area contributed by atoms with Crippen LogP contribution in [0.2, 0.25) is 5.02 Å². The maximum absolute atomic E-state index is 6.19. The van der Waals surface area contributed by atoms with Crippen LogP contribution >= 0.6 is 11.6 Å². The van der Waals surface area contributed by atoms with E-state index < -0.39 is 0 Å². The number of anilines is 3. The van der Waals surface area contributed by atoms with E-state index in [2.05, 4.69) is 25.5 Å². The third kappa shape index (κ3) is 5.04. The molecule has 0 aliphatic carbocycles. The van der Waals surface area contributed by atoms with Crippen LogP contribution in [-0.2, 0) is 4.74 Å². The van der Waals surface area contributed by atoms with Gasteiger partial charge >= 0.3 is 0 Å². The van der Waals surface area contributed by atoms with Gasteiger partial charge in [0.2, 0.25) is 0 Å². The Morgan fingerprint density at radius 2 is 1.92 bits per heavy atom. The van der Waals surface area contributed by atoms with Gasteiger partial charge in [0.1, 0.15) is 17.5 Å². The Hall–Kier alpha value is -1.89. The van der Waals surface area contributed by atoms with Gasteiger partial charge in [-0.25, -0.2) is 9.97 Å². The molecule has 0 radical (unpaired) electrons. The van der Waals surface area contributed by atoms with Crippen molar-refractivity contribution >= 4 is 28.9 Å². The molecule has 2 heterocycles. The topological polar surface area (TPSA) is 62.3 Å². The highest BCUT2D eigenvalue weighted by Crippen LogP contribution is 2.26. The molecule has 0 spiro atoms. The maximum atomic E-state index is 6.19. The maximum Gasteiger partial charge on any atom is 0.136 e. The molecule has 1 fully saturated rings. The highest BCUT2D eigenvalue weighted by molar-refractivity contribution is 6.31. The molecule has 1 aliphatic rings. The minimum atomic E-state index is 0.721. The van der Waals surface area contributed by atoms with E-state index in [4.69, 9.17) is 16.3 Å². The van der Waals surface area contributed by atoms with Crippen molar-refractivity contribution in [3.63, 3.8) is 0 Å². The molecule has 7 heteroatoms. The number of aromatic nitrogens is 2. The van der Waals surface area contributed by atoms with Crippen molar-refractivity contribution in [2.24, 2.45) is 0 Å². The second kappa shape index (κ2) is 8.47. The van der Waals surface area contributed by atoms with Crippen molar-refractivity contribution in [2.45, 2.75) is 13.8 Å². The molecule has 1 saturated heterocycles. The number of rotatable bonds is 6. The van der Waals surface area contributed by atoms with Crippen molar-refractivity contribution in [1.82, 2.24) is 14.9 Å². The largest absolute Gasteiger partial charge is 0.379 e. The number of morpholine rings is 1. The first-order valence-electron chi connectivity index (χ1n) is 8.53. The second-order valence-electron chi connectivity index (χ2n) is 6.10. The van der Waals surface area contributed by atoms with Crippen LogP contribution in [0, 0.1) is 13.8 Å². The van der Waals surface area contributed by atoms with Crippen LogP contribution in [0.5, 0.6) is 0 Å². The molecule has 6 nitrogen and oxygen atoms in total. The molecule has 1 aromatic heterocycles. The van der Waals surface area contributed by atoms with Crippen LogP contribution in [0.4, 0.5) is 17.3 Å². The molecule has 25 heavy (non-hydrogen) atoms. The summed E-state index contributed by atoms with van der Waals surface area (Å²) >= 11 is 6.19. The summed E-state index contributed by atoms with van der Waals surface area (Å²) in [6.07, 6.45) is 0. The van der Waals surface area contributed by atoms with Gasteiger partial charge in [-0.1, -0.05) is 17.7 Å². The SMILES string of the molecule is Cc1nc(NCCN2CCOCC2)cc(Nc2cccc(Cl)c2C)n1. The number of hydrogen-bond donors (Lipinski definition) is 2. The van der Waals surface area contributed by atoms with Gasteiger partial charge in [0.05, 0.1) is 13.2 Å². The van der Waals surface area contributed by atoms with Gasteiger partial charge in [0.15, 0.2) is 0 Å². The smallest absolute Gasteiger partial charge is 0.136 e. The van der Waals surface area contributed by atoms with Gasteiger partial charge in [-0.3, -0.25) is 4.90 Å². The van der Waals surface area contributed by atoms with Gasteiger partial charge in [0, 0.05) is 43.0 Å². The summed E-state index contributed by atoms with van der Waals surface area (Å²) in [5.74, 6) is 2.30. The number of benzene rings is 1. The highest BCUT2D eigenvalue weighted by atomic mass is 35.5. The fourth-order valence-electron chi connectivity index (χ4n) is 2.77. The normalized spacial score (nSPS) is 15.2. The molecular formula is C18H24ClN5O. The van der Waals surface area contributed by atoms with Crippen molar-refractivity contribution in [2.75, 3.05) is 50.0 Å². The summed E-state index contributed by atoms with van der Waals surface area (Å²) in [6, 6.07) is 7.72. The summed E-state index contributed by atoms with van der Waals surface area (Å²) in [5, 5.41) is 7.45. The Morgan fingerprint density at radius 1 is 1.16 bits per heavy atom. The van der Waals surface area contributed by atoms with Gasteiger partial charge < -0.3 is 15.4 Å². The van der Waals surface area contributed by atoms with Crippen LogP contribution in [-0.4, -0.2) is 54.3 Å². The minimum absolute atomic E-state index is 0.721. The Morgan fingerprint density at radius 3 is 2.72 bits per heavy atom. The van der Waals surface area contributed by atoms with Gasteiger partial charge in [-0.15, -0.1) is 0 Å². The third-order valence-electron chi connectivity index (χ3n) is 4.21. The van der Waals surface area contributed by atoms with Gasteiger partial charge in [0.25, 0.3) is 0 Å². The van der Waals surface area contributed by atoms with Crippen molar-refractivity contribution in [3.05, 3.63) is 40.7 Å². The molecular weight excluding hydrogens is 338 g/mol. The van der Waals surface area contributed by atoms with Crippen LogP contribution in [0.25, 0.3) is 0 Å². The summed E-state index contributed by atoms with van der Waals surface area (Å²) in [7, 11) is 0. The molecule has 0 unspecified atom stereocenters. The summed E-state index contributed by atoms with van der Waals surface area (Å²) < 4.78 is 5.37. The Bertz CT molecular complexity index is 719. The molecule has 3 rings (SSSR count). The first-order valence-corrected chi connectivity index (χ1v) is 8.91. The van der Waals surface area contributed by atoms with E-state index in [1.165, 1.54) is 0 Å². The van der Waals surface area contributed by atoms with E-state index in [-0.39, 0.29) is 0 Å². The zero-order valence-electron chi connectivity index (χ0n) is 14.7. The molecule has 2 aromatic rings. The number of aryl methyl sites for hydroxylation is 1. The monoisotopic (exact) mass is 361 g/mol. The molecule has 2 N–H and O–H groups in total. The van der Waals surface area contributed by atoms with Crippen LogP contribution in [0.3, 0.4) is 0 Å². The van der Waals surface area contributed by atoms with Crippen molar-refractivity contribution < 1.29 is 4.74 Å². The highest BCUT2D eigenvalue weighted by Gasteiger charge is 2.10. The van der Waals surface area contributed by atoms with Crippen molar-refractivity contribution in [3.8, 4) is 0 Å². The lowest BCUT2D eigenvalue weighted by atomic mass is 10.2. The lowest BCUT2D eigenvalue weighted by molar-refractivity contribution is 0.0398. The summed E-state index contributed by atoms with van der Waals surface area (Å²) in [4.78, 5) is 11.3. The molecule has 134 valence electrons. The van der Waals surface area contributed by atoms with E-state index in [9.17, 15) is 0 Å². The lowest BCUT2D eigenvalue weighted by Gasteiger charge is -2.26. The average molecular weight is 362 g/mol. The van der Waals surface area contributed by atoms with E-state index in [0.717, 1.165) is 73.1 Å². The summed E-state index contributed by atoms with van der Waals surface area (Å²) in [5.41, 5.74) is 1.95. The molecule has 0 bridgehead atoms. The third-order valence-corrected chi connectivity index (χ3v) is 4.62. The van der Waals surface area contributed by atoms with Crippen LogP contribution < -0.4 is 10.6 Å². The quantitative estimate of drug-likeness (QED) is 0.823. The zero-order valence-corrected chi connectivity index (χ0v) is 15.4. The first kappa shape index (κ1) is 17.9. The molecule has 0 atom stereocenters. The van der Waals surface area contributed by atoms with Gasteiger partial charge in [-0.2, -0.15) is 0 Å². The number of halogens is 1. The molecule has 0 amide bonds.